The van der Waals surface area contributed by atoms with Crippen LogP contribution in [0.25, 0.3) is 0 Å². The molecule has 3 rings (SSSR count). The van der Waals surface area contributed by atoms with E-state index in [-0.39, 0.29) is 0 Å². The van der Waals surface area contributed by atoms with Gasteiger partial charge < -0.3 is 10.1 Å². The first-order chi connectivity index (χ1) is 14.6. The Hall–Kier alpha value is -2.95. The van der Waals surface area contributed by atoms with Gasteiger partial charge in [-0.25, -0.2) is 4.79 Å². The number of amides is 1. The van der Waals surface area contributed by atoms with Crippen molar-refractivity contribution < 1.29 is 32.4 Å². The summed E-state index contributed by atoms with van der Waals surface area (Å²) < 4.78 is 44.9. The number of fused-ring (bicyclic) bond motifs is 1. The normalized spacial score (nSPS) is 14.8. The van der Waals surface area contributed by atoms with Gasteiger partial charge in [0.05, 0.1) is 16.2 Å². The summed E-state index contributed by atoms with van der Waals surface area (Å²) in [5.41, 5.74) is -1.70. The fraction of sp³-hybridized carbons (Fsp3) is 0.400. The van der Waals surface area contributed by atoms with E-state index in [0.29, 0.717) is 10.9 Å². The van der Waals surface area contributed by atoms with Gasteiger partial charge in [-0.1, -0.05) is 6.42 Å². The Morgan fingerprint density at radius 2 is 1.90 bits per heavy atom. The highest BCUT2D eigenvalue weighted by atomic mass is 32.1. The van der Waals surface area contributed by atoms with E-state index in [4.69, 9.17) is 4.74 Å². The molecule has 11 heteroatoms. The van der Waals surface area contributed by atoms with Crippen LogP contribution in [0.15, 0.2) is 24.3 Å². The molecule has 0 aliphatic heterocycles. The summed E-state index contributed by atoms with van der Waals surface area (Å²) in [5, 5.41) is 12.8. The Morgan fingerprint density at radius 3 is 2.58 bits per heavy atom. The van der Waals surface area contributed by atoms with E-state index in [2.05, 4.69) is 0 Å². The van der Waals surface area contributed by atoms with Crippen molar-refractivity contribution in [1.29, 1.82) is 0 Å². The van der Waals surface area contributed by atoms with Crippen LogP contribution in [-0.4, -0.2) is 22.9 Å². The number of thiophene rings is 1. The van der Waals surface area contributed by atoms with Gasteiger partial charge in [0.2, 0.25) is 0 Å². The number of non-ortho nitro benzene ring substituents is 1. The van der Waals surface area contributed by atoms with Gasteiger partial charge in [-0.2, -0.15) is 13.2 Å². The quantitative estimate of drug-likeness (QED) is 0.291. The van der Waals surface area contributed by atoms with Crippen molar-refractivity contribution in [2.45, 2.75) is 51.3 Å². The third kappa shape index (κ3) is 5.40. The number of hydrogen-bond donors (Lipinski definition) is 1. The summed E-state index contributed by atoms with van der Waals surface area (Å²) >= 11 is 1.31. The Morgan fingerprint density at radius 1 is 1.19 bits per heavy atom. The lowest BCUT2D eigenvalue weighted by atomic mass is 10.1. The molecule has 2 aromatic rings. The summed E-state index contributed by atoms with van der Waals surface area (Å²) in [5.74, 6) is -1.70. The monoisotopic (exact) mass is 456 g/mol. The number of nitrogens with zero attached hydrogens (tertiary/aromatic N) is 1. The summed E-state index contributed by atoms with van der Waals surface area (Å²) in [6.45, 7) is 1.24. The lowest BCUT2D eigenvalue weighted by molar-refractivity contribution is -0.385. The maximum absolute atomic E-state index is 13.3. The molecule has 0 saturated heterocycles. The maximum Gasteiger partial charge on any atom is 0.418 e. The number of halogens is 3. The zero-order chi connectivity index (χ0) is 22.8. The highest BCUT2D eigenvalue weighted by Crippen LogP contribution is 2.37. The number of nitrogens with one attached hydrogen (secondary N) is 1. The molecule has 1 aromatic carbocycles. The minimum Gasteiger partial charge on any atom is -0.448 e. The maximum atomic E-state index is 13.3. The van der Waals surface area contributed by atoms with Crippen LogP contribution < -0.4 is 5.32 Å². The van der Waals surface area contributed by atoms with E-state index in [1.807, 2.05) is 5.32 Å². The topological polar surface area (TPSA) is 98.5 Å². The highest BCUT2D eigenvalue weighted by Gasteiger charge is 2.36. The fourth-order valence-corrected chi connectivity index (χ4v) is 4.40. The number of ether oxygens (including phenoxy) is 1. The summed E-state index contributed by atoms with van der Waals surface area (Å²) in [7, 11) is 0. The number of alkyl halides is 3. The molecule has 0 unspecified atom stereocenters. The van der Waals surface area contributed by atoms with Crippen molar-refractivity contribution in [2.75, 3.05) is 5.32 Å². The first-order valence-electron chi connectivity index (χ1n) is 9.55. The van der Waals surface area contributed by atoms with Crippen LogP contribution in [0.1, 0.15) is 51.9 Å². The van der Waals surface area contributed by atoms with Gasteiger partial charge in [0.1, 0.15) is 4.88 Å². The van der Waals surface area contributed by atoms with Crippen LogP contribution in [0.2, 0.25) is 0 Å². The minimum absolute atomic E-state index is 0.338. The number of benzene rings is 1. The van der Waals surface area contributed by atoms with Crippen LogP contribution in [0.3, 0.4) is 0 Å². The van der Waals surface area contributed by atoms with E-state index in [9.17, 15) is 32.9 Å². The second-order valence-corrected chi connectivity index (χ2v) is 8.28. The third-order valence-corrected chi connectivity index (χ3v) is 6.10. The molecule has 0 fully saturated rings. The Labute approximate surface area is 179 Å². The molecule has 1 N–H and O–H groups in total. The number of nitro groups is 1. The molecule has 166 valence electrons. The number of esters is 1. The second kappa shape index (κ2) is 9.04. The molecule has 1 amide bonds. The molecule has 1 aliphatic carbocycles. The van der Waals surface area contributed by atoms with Gasteiger partial charge in [0, 0.05) is 17.0 Å². The number of rotatable bonds is 5. The van der Waals surface area contributed by atoms with Gasteiger partial charge in [-0.05, 0) is 50.3 Å². The largest absolute Gasteiger partial charge is 0.448 e. The molecule has 1 atom stereocenters. The van der Waals surface area contributed by atoms with Gasteiger partial charge in [-0.15, -0.1) is 11.3 Å². The van der Waals surface area contributed by atoms with Crippen molar-refractivity contribution in [3.05, 3.63) is 55.3 Å². The first kappa shape index (κ1) is 22.7. The first-order valence-corrected chi connectivity index (χ1v) is 10.4. The van der Waals surface area contributed by atoms with Crippen LogP contribution in [0.4, 0.5) is 24.5 Å². The minimum atomic E-state index is -4.93. The Kier molecular flexibility index (Phi) is 6.63. The predicted octanol–water partition coefficient (Wildman–Crippen LogP) is 5.13. The summed E-state index contributed by atoms with van der Waals surface area (Å²) in [6.07, 6.45) is -1.35. The van der Waals surface area contributed by atoms with Crippen LogP contribution in [0, 0.1) is 10.1 Å². The second-order valence-electron chi connectivity index (χ2n) is 7.14. The zero-order valence-corrected chi connectivity index (χ0v) is 17.3. The SMILES string of the molecule is C[C@H](OC(=O)c1cc2c(s1)CCCCC2)C(=O)Nc1ccc([N+](=O)[O-])cc1C(F)(F)F. The van der Waals surface area contributed by atoms with E-state index in [1.54, 1.807) is 6.07 Å². The fourth-order valence-electron chi connectivity index (χ4n) is 3.26. The predicted molar refractivity (Wildman–Crippen MR) is 107 cm³/mol. The number of aryl methyl sites for hydroxylation is 2. The van der Waals surface area contributed by atoms with Crippen LogP contribution in [0.5, 0.6) is 0 Å². The molecule has 1 aromatic heterocycles. The van der Waals surface area contributed by atoms with E-state index >= 15 is 0 Å². The van der Waals surface area contributed by atoms with Gasteiger partial charge in [0.15, 0.2) is 6.10 Å². The molecule has 1 aliphatic rings. The standard InChI is InChI=1S/C20H19F3N2O5S/c1-11(30-19(27)17-9-12-5-3-2-4-6-16(12)31-17)18(26)24-15-8-7-13(25(28)29)10-14(15)20(21,22)23/h7-11H,2-6H2,1H3,(H,24,26)/t11-/m0/s1. The van der Waals surface area contributed by atoms with Crippen molar-refractivity contribution >= 4 is 34.6 Å². The number of nitro benzene ring substituents is 1. The summed E-state index contributed by atoms with van der Waals surface area (Å²) in [6, 6.07) is 3.73. The lowest BCUT2D eigenvalue weighted by Gasteiger charge is -2.16. The number of carbonyl (C=O) groups is 2. The van der Waals surface area contributed by atoms with Crippen molar-refractivity contribution in [2.24, 2.45) is 0 Å². The zero-order valence-electron chi connectivity index (χ0n) is 16.5. The average Bonchev–Trinajstić information content (AvgIpc) is 2.98. The number of carbonyl (C=O) groups excluding carboxylic acids is 2. The molecule has 0 spiro atoms. The molecule has 7 nitrogen and oxygen atoms in total. The molecule has 1 heterocycles. The van der Waals surface area contributed by atoms with E-state index in [0.717, 1.165) is 54.7 Å². The van der Waals surface area contributed by atoms with Gasteiger partial charge in [-0.3, -0.25) is 14.9 Å². The summed E-state index contributed by atoms with van der Waals surface area (Å²) in [4.78, 5) is 36.0. The molecular formula is C20H19F3N2O5S. The van der Waals surface area contributed by atoms with Gasteiger partial charge in [0.25, 0.3) is 11.6 Å². The van der Waals surface area contributed by atoms with E-state index in [1.165, 1.54) is 18.3 Å². The molecule has 0 radical (unpaired) electrons. The van der Waals surface area contributed by atoms with Crippen molar-refractivity contribution in [1.82, 2.24) is 0 Å². The van der Waals surface area contributed by atoms with E-state index < -0.39 is 46.0 Å². The smallest absolute Gasteiger partial charge is 0.418 e. The molecule has 31 heavy (non-hydrogen) atoms. The average molecular weight is 456 g/mol. The Balaban J connectivity index is 1.71. The van der Waals surface area contributed by atoms with Gasteiger partial charge >= 0.3 is 12.1 Å². The molecular weight excluding hydrogens is 437 g/mol. The molecule has 0 bridgehead atoms. The third-order valence-electron chi connectivity index (χ3n) is 4.88. The molecule has 0 saturated carbocycles. The Bertz CT molecular complexity index is 995. The number of anilines is 1. The van der Waals surface area contributed by atoms with Crippen molar-refractivity contribution in [3.63, 3.8) is 0 Å². The lowest BCUT2D eigenvalue weighted by Crippen LogP contribution is -2.30. The number of hydrogen-bond acceptors (Lipinski definition) is 6. The van der Waals surface area contributed by atoms with Crippen LogP contribution in [-0.2, 0) is 28.5 Å². The highest BCUT2D eigenvalue weighted by molar-refractivity contribution is 7.14. The van der Waals surface area contributed by atoms with Crippen LogP contribution >= 0.6 is 11.3 Å². The van der Waals surface area contributed by atoms with Crippen molar-refractivity contribution in [3.8, 4) is 0 Å².